The van der Waals surface area contributed by atoms with Crippen LogP contribution in [0.3, 0.4) is 0 Å². The Labute approximate surface area is 434 Å². The van der Waals surface area contributed by atoms with Crippen LogP contribution in [0.4, 0.5) is 0 Å². The van der Waals surface area contributed by atoms with Gasteiger partial charge in [0.2, 0.25) is 0 Å². The van der Waals surface area contributed by atoms with Gasteiger partial charge in [0.05, 0.1) is 0 Å². The van der Waals surface area contributed by atoms with Crippen molar-refractivity contribution in [2.24, 2.45) is 0 Å². The van der Waals surface area contributed by atoms with Crippen molar-refractivity contribution in [3.8, 4) is 0 Å². The van der Waals surface area contributed by atoms with Crippen molar-refractivity contribution in [2.45, 2.75) is 316 Å². The summed E-state index contributed by atoms with van der Waals surface area (Å²) in [6.45, 7) is 6.53. The second-order valence-corrected chi connectivity index (χ2v) is 20.2. The van der Waals surface area contributed by atoms with Crippen molar-refractivity contribution in [3.05, 3.63) is 60.8 Å². The summed E-state index contributed by atoms with van der Waals surface area (Å²) in [7, 11) is 0. The normalized spacial score (nSPS) is 12.4. The Hall–Kier alpha value is -2.89. The van der Waals surface area contributed by atoms with Crippen LogP contribution in [0.5, 0.6) is 0 Å². The molecule has 0 saturated carbocycles. The smallest absolute Gasteiger partial charge is 0.306 e. The van der Waals surface area contributed by atoms with Gasteiger partial charge < -0.3 is 14.2 Å². The van der Waals surface area contributed by atoms with Crippen molar-refractivity contribution in [1.29, 1.82) is 0 Å². The van der Waals surface area contributed by atoms with Gasteiger partial charge in [-0.3, -0.25) is 14.4 Å². The van der Waals surface area contributed by atoms with Gasteiger partial charge in [-0.1, -0.05) is 268 Å². The average molecular weight is 980 g/mol. The molecule has 0 radical (unpaired) electrons. The third-order valence-electron chi connectivity index (χ3n) is 13.3. The standard InChI is InChI=1S/C64H114O6/c1-4-7-10-13-16-19-22-25-28-31-32-34-36-39-42-45-48-51-54-57-63(66)69-60-61(59-68-62(65)56-53-50-47-44-41-38-35-30-27-24-21-18-15-12-9-6-3)70-64(67)58-55-52-49-46-43-40-37-33-29-26-23-20-17-14-11-8-5-2/h8,11,16-17,19-20,25-26,28-29,61H,4-7,9-10,12-15,18,21-24,27,30-60H2,1-3H3/b11-8-,19-16-,20-17-,28-25-,29-26-. The van der Waals surface area contributed by atoms with Crippen LogP contribution in [0.15, 0.2) is 60.8 Å². The van der Waals surface area contributed by atoms with E-state index < -0.39 is 6.10 Å². The lowest BCUT2D eigenvalue weighted by molar-refractivity contribution is -0.167. The van der Waals surface area contributed by atoms with E-state index in [4.69, 9.17) is 14.2 Å². The van der Waals surface area contributed by atoms with Gasteiger partial charge in [0, 0.05) is 19.3 Å². The molecule has 0 fully saturated rings. The van der Waals surface area contributed by atoms with Gasteiger partial charge in [0.15, 0.2) is 6.10 Å². The Kier molecular flexibility index (Phi) is 56.3. The summed E-state index contributed by atoms with van der Waals surface area (Å²) < 4.78 is 16.9. The number of hydrogen-bond donors (Lipinski definition) is 0. The minimum atomic E-state index is -0.780. The largest absolute Gasteiger partial charge is 0.462 e. The molecule has 0 aromatic carbocycles. The second kappa shape index (κ2) is 58.7. The zero-order valence-electron chi connectivity index (χ0n) is 46.5. The van der Waals surface area contributed by atoms with E-state index in [1.54, 1.807) is 0 Å². The van der Waals surface area contributed by atoms with Crippen molar-refractivity contribution < 1.29 is 28.6 Å². The van der Waals surface area contributed by atoms with E-state index in [0.29, 0.717) is 19.3 Å². The van der Waals surface area contributed by atoms with Crippen LogP contribution in [0, 0.1) is 0 Å². The lowest BCUT2D eigenvalue weighted by Gasteiger charge is -2.18. The molecule has 0 rings (SSSR count). The van der Waals surface area contributed by atoms with Gasteiger partial charge in [0.25, 0.3) is 0 Å². The molecule has 1 unspecified atom stereocenters. The lowest BCUT2D eigenvalue weighted by atomic mass is 10.0. The maximum Gasteiger partial charge on any atom is 0.306 e. The summed E-state index contributed by atoms with van der Waals surface area (Å²) in [5, 5.41) is 0. The first-order chi connectivity index (χ1) is 34.5. The van der Waals surface area contributed by atoms with Crippen LogP contribution >= 0.6 is 0 Å². The number of rotatable bonds is 55. The van der Waals surface area contributed by atoms with Crippen LogP contribution in [0.1, 0.15) is 310 Å². The summed E-state index contributed by atoms with van der Waals surface area (Å²) in [6.07, 6.45) is 73.5. The van der Waals surface area contributed by atoms with E-state index in [0.717, 1.165) is 89.9 Å². The first-order valence-corrected chi connectivity index (χ1v) is 30.3. The predicted octanol–water partition coefficient (Wildman–Crippen LogP) is 20.4. The van der Waals surface area contributed by atoms with Gasteiger partial charge in [0.1, 0.15) is 13.2 Å². The molecule has 0 aliphatic heterocycles. The molecule has 0 heterocycles. The van der Waals surface area contributed by atoms with Gasteiger partial charge in [-0.2, -0.15) is 0 Å². The van der Waals surface area contributed by atoms with E-state index >= 15 is 0 Å². The summed E-state index contributed by atoms with van der Waals surface area (Å²) in [5.74, 6) is -0.875. The van der Waals surface area contributed by atoms with Crippen molar-refractivity contribution in [2.75, 3.05) is 13.2 Å². The zero-order chi connectivity index (χ0) is 50.7. The molecule has 0 aromatic heterocycles. The highest BCUT2D eigenvalue weighted by atomic mass is 16.6. The Balaban J connectivity index is 4.37. The molecule has 0 aromatic rings. The average Bonchev–Trinajstić information content (AvgIpc) is 3.36. The molecular weight excluding hydrogens is 865 g/mol. The molecule has 0 N–H and O–H groups in total. The summed E-state index contributed by atoms with van der Waals surface area (Å²) in [6, 6.07) is 0. The first-order valence-electron chi connectivity index (χ1n) is 30.3. The molecule has 0 spiro atoms. The highest BCUT2D eigenvalue weighted by Gasteiger charge is 2.19. The lowest BCUT2D eigenvalue weighted by Crippen LogP contribution is -2.30. The molecule has 6 heteroatoms. The van der Waals surface area contributed by atoms with Crippen molar-refractivity contribution in [3.63, 3.8) is 0 Å². The van der Waals surface area contributed by atoms with Crippen LogP contribution in [0.25, 0.3) is 0 Å². The maximum absolute atomic E-state index is 12.9. The fourth-order valence-electron chi connectivity index (χ4n) is 8.72. The highest BCUT2D eigenvalue weighted by molar-refractivity contribution is 5.71. The van der Waals surface area contributed by atoms with Crippen LogP contribution in [0.2, 0.25) is 0 Å². The Morgan fingerprint density at radius 2 is 0.557 bits per heavy atom. The van der Waals surface area contributed by atoms with E-state index in [-0.39, 0.29) is 31.1 Å². The van der Waals surface area contributed by atoms with Gasteiger partial charge >= 0.3 is 17.9 Å². The van der Waals surface area contributed by atoms with E-state index in [1.165, 1.54) is 180 Å². The van der Waals surface area contributed by atoms with Crippen molar-refractivity contribution >= 4 is 17.9 Å². The number of carbonyl (C=O) groups is 3. The molecule has 0 bridgehead atoms. The number of allylic oxidation sites excluding steroid dienone is 10. The molecule has 0 aliphatic rings. The van der Waals surface area contributed by atoms with Gasteiger partial charge in [-0.15, -0.1) is 0 Å². The highest BCUT2D eigenvalue weighted by Crippen LogP contribution is 2.17. The third-order valence-corrected chi connectivity index (χ3v) is 13.3. The first kappa shape index (κ1) is 67.1. The molecule has 406 valence electrons. The van der Waals surface area contributed by atoms with Gasteiger partial charge in [-0.25, -0.2) is 0 Å². The number of esters is 3. The van der Waals surface area contributed by atoms with E-state index in [1.807, 2.05) is 0 Å². The molecule has 0 aliphatic carbocycles. The molecule has 0 amide bonds. The topological polar surface area (TPSA) is 78.9 Å². The monoisotopic (exact) mass is 979 g/mol. The minimum absolute atomic E-state index is 0.0766. The van der Waals surface area contributed by atoms with Crippen LogP contribution < -0.4 is 0 Å². The fourth-order valence-corrected chi connectivity index (χ4v) is 8.72. The second-order valence-electron chi connectivity index (χ2n) is 20.2. The minimum Gasteiger partial charge on any atom is -0.462 e. The molecule has 70 heavy (non-hydrogen) atoms. The number of carbonyl (C=O) groups excluding carboxylic acids is 3. The number of unbranched alkanes of at least 4 members (excludes halogenated alkanes) is 34. The van der Waals surface area contributed by atoms with Gasteiger partial charge in [-0.05, 0) is 83.5 Å². The molecular formula is C64H114O6. The maximum atomic E-state index is 12.9. The summed E-state index contributed by atoms with van der Waals surface area (Å²) >= 11 is 0. The zero-order valence-corrected chi connectivity index (χ0v) is 46.5. The SMILES string of the molecule is CC/C=C\C/C=C\C/C=C\CCCCCCCCCC(=O)OC(COC(=O)CCCCCCCCCCC/C=C\C/C=C\CCCCC)COC(=O)CCCCCCCCCCCCCCCCCC. The molecule has 0 saturated heterocycles. The Bertz CT molecular complexity index is 1260. The molecule has 1 atom stereocenters. The Morgan fingerprint density at radius 1 is 0.300 bits per heavy atom. The van der Waals surface area contributed by atoms with Crippen molar-refractivity contribution in [1.82, 2.24) is 0 Å². The predicted molar refractivity (Wildman–Crippen MR) is 302 cm³/mol. The summed E-state index contributed by atoms with van der Waals surface area (Å²) in [5.41, 5.74) is 0. The van der Waals surface area contributed by atoms with Crippen LogP contribution in [-0.2, 0) is 28.6 Å². The Morgan fingerprint density at radius 3 is 0.900 bits per heavy atom. The van der Waals surface area contributed by atoms with E-state index in [9.17, 15) is 14.4 Å². The fraction of sp³-hybridized carbons (Fsp3) is 0.797. The molecule has 6 nitrogen and oxygen atoms in total. The van der Waals surface area contributed by atoms with Crippen LogP contribution in [-0.4, -0.2) is 37.2 Å². The number of hydrogen-bond acceptors (Lipinski definition) is 6. The third kappa shape index (κ3) is 56.0. The summed E-state index contributed by atoms with van der Waals surface area (Å²) in [4.78, 5) is 38.3. The quantitative estimate of drug-likeness (QED) is 0.0261. The van der Waals surface area contributed by atoms with E-state index in [2.05, 4.69) is 81.5 Å². The number of ether oxygens (including phenoxy) is 3.